The maximum absolute atomic E-state index is 13.5. The lowest BCUT2D eigenvalue weighted by molar-refractivity contribution is 0.0925. The van der Waals surface area contributed by atoms with Crippen molar-refractivity contribution >= 4 is 45.7 Å². The Morgan fingerprint density at radius 3 is 2.71 bits per heavy atom. The fourth-order valence-corrected chi connectivity index (χ4v) is 4.72. The van der Waals surface area contributed by atoms with E-state index in [1.807, 2.05) is 49.3 Å². The van der Waals surface area contributed by atoms with E-state index >= 15 is 0 Å². The van der Waals surface area contributed by atoms with Crippen LogP contribution in [-0.2, 0) is 0 Å². The fraction of sp³-hybridized carbons (Fsp3) is 0.200. The van der Waals surface area contributed by atoms with Gasteiger partial charge in [0.25, 0.3) is 5.91 Å². The summed E-state index contributed by atoms with van der Waals surface area (Å²) < 4.78 is 5.73. The van der Waals surface area contributed by atoms with Gasteiger partial charge in [-0.15, -0.1) is 0 Å². The number of nitrogens with zero attached hydrogens (tertiary/aromatic N) is 4. The van der Waals surface area contributed by atoms with E-state index in [1.54, 1.807) is 18.5 Å². The van der Waals surface area contributed by atoms with Crippen LogP contribution in [0.2, 0.25) is 10.0 Å². The van der Waals surface area contributed by atoms with Crippen LogP contribution < -0.4 is 15.0 Å². The van der Waals surface area contributed by atoms with E-state index in [0.717, 1.165) is 22.4 Å². The monoisotopic (exact) mass is 493 g/mol. The number of hydrogen-bond donors (Lipinski definition) is 1. The van der Waals surface area contributed by atoms with Gasteiger partial charge < -0.3 is 15.0 Å². The molecule has 3 aromatic heterocycles. The van der Waals surface area contributed by atoms with Crippen molar-refractivity contribution < 1.29 is 9.53 Å². The van der Waals surface area contributed by atoms with Gasteiger partial charge in [0.2, 0.25) is 0 Å². The summed E-state index contributed by atoms with van der Waals surface area (Å²) >= 11 is 12.4. The highest BCUT2D eigenvalue weighted by atomic mass is 35.5. The molecule has 7 nitrogen and oxygen atoms in total. The van der Waals surface area contributed by atoms with Crippen LogP contribution in [0.15, 0.2) is 55.0 Å². The molecule has 4 heterocycles. The molecule has 0 spiro atoms. The number of anilines is 1. The van der Waals surface area contributed by atoms with Crippen molar-refractivity contribution in [3.05, 3.63) is 76.2 Å². The van der Waals surface area contributed by atoms with Crippen LogP contribution in [0.4, 0.5) is 5.69 Å². The summed E-state index contributed by atoms with van der Waals surface area (Å²) in [4.78, 5) is 28.8. The Balaban J connectivity index is 1.58. The highest BCUT2D eigenvalue weighted by Crippen LogP contribution is 2.36. The molecule has 1 N–H and O–H groups in total. The first-order valence-corrected chi connectivity index (χ1v) is 11.5. The predicted molar refractivity (Wildman–Crippen MR) is 134 cm³/mol. The van der Waals surface area contributed by atoms with Crippen molar-refractivity contribution in [1.29, 1.82) is 0 Å². The van der Waals surface area contributed by atoms with Crippen molar-refractivity contribution in [3.8, 4) is 17.1 Å². The third-order valence-electron chi connectivity index (χ3n) is 5.75. The minimum Gasteiger partial charge on any atom is -0.493 e. The molecule has 1 aromatic carbocycles. The van der Waals surface area contributed by atoms with Crippen LogP contribution in [0.3, 0.4) is 0 Å². The normalized spacial score (nSPS) is 14.9. The summed E-state index contributed by atoms with van der Waals surface area (Å²) in [6.45, 7) is 0.544. The number of fused-ring (bicyclic) bond motifs is 2. The Hall–Kier alpha value is -3.42. The van der Waals surface area contributed by atoms with E-state index in [1.165, 1.54) is 6.20 Å². The van der Waals surface area contributed by atoms with E-state index in [2.05, 4.69) is 20.3 Å². The largest absolute Gasteiger partial charge is 0.493 e. The highest BCUT2D eigenvalue weighted by Gasteiger charge is 2.26. The molecule has 0 saturated carbocycles. The molecule has 0 aliphatic carbocycles. The average molecular weight is 494 g/mol. The minimum absolute atomic E-state index is 0.145. The smallest absolute Gasteiger partial charge is 0.255 e. The van der Waals surface area contributed by atoms with E-state index in [9.17, 15) is 4.79 Å². The number of carbonyl (C=O) groups is 1. The summed E-state index contributed by atoms with van der Waals surface area (Å²) in [5.41, 5.74) is 3.76. The second-order valence-corrected chi connectivity index (χ2v) is 9.00. The second kappa shape index (κ2) is 9.08. The number of rotatable bonds is 4. The standard InChI is InChI=1S/C25H21Cl2N5O2/c1-32(2)24-16-7-9-28-23(22-18(27)11-14(26)12-29-22)21(16)30-13-17(24)25(33)31-19-8-10-34-20-6-4-3-5-15(19)20/h3-7,9,11-13,19H,8,10H2,1-2H3,(H,31,33)/t19-/m0/s1. The molecule has 0 fully saturated rings. The van der Waals surface area contributed by atoms with Gasteiger partial charge in [-0.1, -0.05) is 41.4 Å². The van der Waals surface area contributed by atoms with Gasteiger partial charge in [0.15, 0.2) is 0 Å². The minimum atomic E-state index is -0.208. The first-order valence-electron chi connectivity index (χ1n) is 10.7. The SMILES string of the molecule is CN(C)c1c(C(=O)N[C@H]2CCOc3ccccc32)cnc2c(-c3ncc(Cl)cc3Cl)nccc12. The number of benzene rings is 1. The molecule has 5 rings (SSSR count). The Bertz CT molecular complexity index is 1410. The molecule has 172 valence electrons. The van der Waals surface area contributed by atoms with Gasteiger partial charge in [0, 0.05) is 50.1 Å². The third-order valence-corrected chi connectivity index (χ3v) is 6.24. The maximum atomic E-state index is 13.5. The van der Waals surface area contributed by atoms with Gasteiger partial charge in [-0.25, -0.2) is 0 Å². The quantitative estimate of drug-likeness (QED) is 0.414. The van der Waals surface area contributed by atoms with Crippen molar-refractivity contribution in [3.63, 3.8) is 0 Å². The van der Waals surface area contributed by atoms with E-state index in [4.69, 9.17) is 27.9 Å². The Morgan fingerprint density at radius 1 is 1.09 bits per heavy atom. The van der Waals surface area contributed by atoms with Gasteiger partial charge in [-0.05, 0) is 18.2 Å². The molecule has 1 aliphatic rings. The van der Waals surface area contributed by atoms with Gasteiger partial charge in [0.1, 0.15) is 22.7 Å². The van der Waals surface area contributed by atoms with E-state index in [-0.39, 0.29) is 11.9 Å². The summed E-state index contributed by atoms with van der Waals surface area (Å²) in [5, 5.41) is 4.74. The summed E-state index contributed by atoms with van der Waals surface area (Å²) in [6.07, 6.45) is 5.45. The molecule has 1 aliphatic heterocycles. The van der Waals surface area contributed by atoms with Crippen LogP contribution in [0.1, 0.15) is 28.4 Å². The molecule has 0 saturated heterocycles. The lowest BCUT2D eigenvalue weighted by Gasteiger charge is -2.27. The lowest BCUT2D eigenvalue weighted by Crippen LogP contribution is -2.33. The van der Waals surface area contributed by atoms with Crippen LogP contribution in [0, 0.1) is 0 Å². The Labute approximate surface area is 206 Å². The van der Waals surface area contributed by atoms with Gasteiger partial charge in [0.05, 0.1) is 33.9 Å². The zero-order valence-corrected chi connectivity index (χ0v) is 20.1. The Kier molecular flexibility index (Phi) is 5.98. The number of halogens is 2. The van der Waals surface area contributed by atoms with Gasteiger partial charge in [-0.3, -0.25) is 19.7 Å². The second-order valence-electron chi connectivity index (χ2n) is 8.16. The maximum Gasteiger partial charge on any atom is 0.255 e. The molecule has 1 amide bonds. The number of carbonyl (C=O) groups excluding carboxylic acids is 1. The first-order chi connectivity index (χ1) is 16.4. The molecule has 1 atom stereocenters. The van der Waals surface area contributed by atoms with Crippen molar-refractivity contribution in [1.82, 2.24) is 20.3 Å². The molecule has 9 heteroatoms. The zero-order chi connectivity index (χ0) is 23.8. The van der Waals surface area contributed by atoms with E-state index in [0.29, 0.717) is 45.5 Å². The van der Waals surface area contributed by atoms with E-state index < -0.39 is 0 Å². The topological polar surface area (TPSA) is 80.2 Å². The van der Waals surface area contributed by atoms with Gasteiger partial charge >= 0.3 is 0 Å². The highest BCUT2D eigenvalue weighted by molar-refractivity contribution is 6.36. The fourth-order valence-electron chi connectivity index (χ4n) is 4.25. The summed E-state index contributed by atoms with van der Waals surface area (Å²) in [7, 11) is 3.78. The summed E-state index contributed by atoms with van der Waals surface area (Å²) in [5.74, 6) is 0.590. The van der Waals surface area contributed by atoms with Crippen LogP contribution in [-0.4, -0.2) is 41.6 Å². The molecule has 0 radical (unpaired) electrons. The first kappa shape index (κ1) is 22.4. The molecular formula is C25H21Cl2N5O2. The number of nitrogens with one attached hydrogen (secondary N) is 1. The third kappa shape index (κ3) is 4.02. The number of amides is 1. The predicted octanol–water partition coefficient (Wildman–Crippen LogP) is 5.32. The molecule has 0 bridgehead atoms. The number of para-hydroxylation sites is 1. The van der Waals surface area contributed by atoms with Crippen molar-refractivity contribution in [2.24, 2.45) is 0 Å². The molecule has 34 heavy (non-hydrogen) atoms. The van der Waals surface area contributed by atoms with Crippen LogP contribution in [0.5, 0.6) is 5.75 Å². The molecule has 4 aromatic rings. The molecular weight excluding hydrogens is 473 g/mol. The number of pyridine rings is 3. The molecule has 0 unspecified atom stereocenters. The van der Waals surface area contributed by atoms with Gasteiger partial charge in [-0.2, -0.15) is 0 Å². The number of aromatic nitrogens is 3. The average Bonchev–Trinajstić information content (AvgIpc) is 2.83. The summed E-state index contributed by atoms with van der Waals surface area (Å²) in [6, 6.07) is 11.1. The van der Waals surface area contributed by atoms with Crippen LogP contribution >= 0.6 is 23.2 Å². The Morgan fingerprint density at radius 2 is 1.91 bits per heavy atom. The number of hydrogen-bond acceptors (Lipinski definition) is 6. The van der Waals surface area contributed by atoms with Crippen molar-refractivity contribution in [2.45, 2.75) is 12.5 Å². The van der Waals surface area contributed by atoms with Crippen LogP contribution in [0.25, 0.3) is 22.3 Å². The number of ether oxygens (including phenoxy) is 1. The van der Waals surface area contributed by atoms with Crippen molar-refractivity contribution in [2.75, 3.05) is 25.6 Å². The lowest BCUT2D eigenvalue weighted by atomic mass is 9.99. The zero-order valence-electron chi connectivity index (χ0n) is 18.5.